The maximum atomic E-state index is 11.3. The van der Waals surface area contributed by atoms with Crippen LogP contribution in [0, 0.1) is 12.0 Å². The van der Waals surface area contributed by atoms with Crippen LogP contribution in [0.25, 0.3) is 0 Å². The van der Waals surface area contributed by atoms with Gasteiger partial charge in [0, 0.05) is 0 Å². The standard InChI is InChI=1S/C20H25O3.Co/c1-3-5-6-7-14-8-11-17(19(21)12-14)18-13-16(20(22)23)10-9-15(18)4-2;/h8,12-13,15,18,21H,3,5-7,9-10H2,1-2H3,(H,22,23);/q-1;/t15-,18?;/m1./s1. The second-order valence-electron chi connectivity index (χ2n) is 6.48. The van der Waals surface area contributed by atoms with Crippen LogP contribution in [-0.4, -0.2) is 20.6 Å². The Hall–Kier alpha value is -1.39. The van der Waals surface area contributed by atoms with Gasteiger partial charge in [-0.2, -0.15) is 0 Å². The molecule has 0 saturated heterocycles. The van der Waals surface area contributed by atoms with E-state index >= 15 is 0 Å². The maximum absolute atomic E-state index is 11.3. The second-order valence-corrected chi connectivity index (χ2v) is 7.30. The number of phenolic OH excluding ortho intramolecular Hbond substituents is 1. The zero-order valence-electron chi connectivity index (χ0n) is 14.3. The third-order valence-electron chi connectivity index (χ3n) is 4.72. The van der Waals surface area contributed by atoms with E-state index in [0.717, 1.165) is 35.7 Å². The molecule has 1 aromatic rings. The summed E-state index contributed by atoms with van der Waals surface area (Å²) in [5.41, 5.74) is 2.15. The number of carboxylic acid groups (broad SMARTS) is 1. The predicted molar refractivity (Wildman–Crippen MR) is 92.0 cm³/mol. The number of carboxylic acids is 1. The van der Waals surface area contributed by atoms with Crippen LogP contribution in [0.1, 0.15) is 63.0 Å². The number of aromatic hydroxyl groups is 1. The third-order valence-corrected chi connectivity index (χ3v) is 5.11. The quantitative estimate of drug-likeness (QED) is 0.558. The fourth-order valence-electron chi connectivity index (χ4n) is 3.33. The summed E-state index contributed by atoms with van der Waals surface area (Å²) < 4.78 is 0.952. The number of rotatable bonds is 7. The monoisotopic (exact) mass is 372 g/mol. The summed E-state index contributed by atoms with van der Waals surface area (Å²) in [5.74, 6) is -0.757. The van der Waals surface area contributed by atoms with Gasteiger partial charge in [-0.15, -0.1) is 0 Å². The van der Waals surface area contributed by atoms with Gasteiger partial charge in [0.15, 0.2) is 0 Å². The average Bonchev–Trinajstić information content (AvgIpc) is 2.54. The third kappa shape index (κ3) is 4.58. The molecular weight excluding hydrogens is 347 g/mol. The van der Waals surface area contributed by atoms with Crippen molar-refractivity contribution in [1.29, 1.82) is 0 Å². The summed E-state index contributed by atoms with van der Waals surface area (Å²) in [6.07, 6.45) is 7.38. The topological polar surface area (TPSA) is 57.5 Å². The molecule has 0 aliphatic heterocycles. The Morgan fingerprint density at radius 3 is 2.75 bits per heavy atom. The fourth-order valence-corrected chi connectivity index (χ4v) is 3.67. The summed E-state index contributed by atoms with van der Waals surface area (Å²) in [7, 11) is 0. The van der Waals surface area contributed by atoms with Crippen molar-refractivity contribution >= 4 is 10.4 Å². The Bertz CT molecular complexity index is 648. The van der Waals surface area contributed by atoms with Gasteiger partial charge in [-0.25, -0.2) is 0 Å². The molecule has 2 rings (SSSR count). The predicted octanol–water partition coefficient (Wildman–Crippen LogP) is 4.17. The first kappa shape index (κ1) is 18.9. The number of aliphatic carboxylic acids is 1. The molecule has 0 spiro atoms. The van der Waals surface area contributed by atoms with E-state index in [0.29, 0.717) is 17.6 Å². The van der Waals surface area contributed by atoms with E-state index < -0.39 is 5.97 Å². The average molecular weight is 372 g/mol. The Balaban J connectivity index is 2.30. The summed E-state index contributed by atoms with van der Waals surface area (Å²) in [6.45, 7) is 4.10. The van der Waals surface area contributed by atoms with Crippen molar-refractivity contribution in [3.8, 4) is 5.75 Å². The van der Waals surface area contributed by atoms with Crippen LogP contribution in [0.3, 0.4) is 0 Å². The van der Waals surface area contributed by atoms with E-state index in [1.165, 1.54) is 6.42 Å². The van der Waals surface area contributed by atoms with Crippen LogP contribution < -0.4 is 0 Å². The molecule has 3 nitrogen and oxygen atoms in total. The molecule has 1 unspecified atom stereocenters. The summed E-state index contributed by atoms with van der Waals surface area (Å²) in [5, 5.41) is 19.8. The number of carbonyl (C=O) groups is 1. The SMILES string of the molecule is CCCCCc1c[c-]c(C2C=C(C(=O)O)CC[C@H]2[C](C)=[Co])c(O)c1. The van der Waals surface area contributed by atoms with Crippen molar-refractivity contribution < 1.29 is 30.3 Å². The number of phenols is 1. The normalized spacial score (nSPS) is 20.5. The van der Waals surface area contributed by atoms with Gasteiger partial charge in [0.2, 0.25) is 0 Å². The van der Waals surface area contributed by atoms with Gasteiger partial charge in [-0.05, 0) is 0 Å². The minimum atomic E-state index is -0.884. The fraction of sp³-hybridized carbons (Fsp3) is 0.500. The van der Waals surface area contributed by atoms with Crippen molar-refractivity contribution in [3.05, 3.63) is 41.0 Å². The molecule has 0 amide bonds. The van der Waals surface area contributed by atoms with Crippen LogP contribution in [0.15, 0.2) is 23.8 Å². The Morgan fingerprint density at radius 2 is 2.17 bits per heavy atom. The Labute approximate surface area is 151 Å². The second kappa shape index (κ2) is 8.63. The van der Waals surface area contributed by atoms with Gasteiger partial charge >= 0.3 is 152 Å². The number of hydrogen-bond acceptors (Lipinski definition) is 2. The van der Waals surface area contributed by atoms with Gasteiger partial charge < -0.3 is 0 Å². The first-order valence-electron chi connectivity index (χ1n) is 8.58. The van der Waals surface area contributed by atoms with Crippen LogP contribution >= 0.6 is 0 Å². The minimum absolute atomic E-state index is 0.112. The van der Waals surface area contributed by atoms with Gasteiger partial charge in [0.05, 0.1) is 0 Å². The molecule has 2 atom stereocenters. The number of allylic oxidation sites excluding steroid dienone is 1. The number of hydrogen-bond donors (Lipinski definition) is 2. The number of aryl methyl sites for hydroxylation is 1. The number of unbranched alkanes of at least 4 members (excludes halogenated alkanes) is 2. The van der Waals surface area contributed by atoms with E-state index in [4.69, 9.17) is 0 Å². The van der Waals surface area contributed by atoms with E-state index in [1.807, 2.05) is 13.0 Å². The molecule has 0 fully saturated rings. The molecule has 1 aromatic carbocycles. The summed E-state index contributed by atoms with van der Waals surface area (Å²) >= 11 is 4.54. The van der Waals surface area contributed by atoms with Crippen LogP contribution in [0.5, 0.6) is 5.75 Å². The summed E-state index contributed by atoms with van der Waals surface area (Å²) in [6, 6.07) is 6.94. The first-order valence-corrected chi connectivity index (χ1v) is 9.10. The van der Waals surface area contributed by atoms with Crippen molar-refractivity contribution in [2.24, 2.45) is 5.92 Å². The molecule has 0 aromatic heterocycles. The molecule has 2 N–H and O–H groups in total. The first-order chi connectivity index (χ1) is 11.4. The van der Waals surface area contributed by atoms with Gasteiger partial charge in [-0.1, -0.05) is 0 Å². The van der Waals surface area contributed by atoms with Crippen LogP contribution in [0.4, 0.5) is 0 Å². The van der Waals surface area contributed by atoms with Gasteiger partial charge in [0.25, 0.3) is 0 Å². The molecule has 0 bridgehead atoms. The molecular formula is C20H25CoO3-. The molecule has 4 heteroatoms. The molecule has 1 aliphatic rings. The van der Waals surface area contributed by atoms with Crippen molar-refractivity contribution in [2.75, 3.05) is 0 Å². The molecule has 0 saturated carbocycles. The molecule has 0 heterocycles. The van der Waals surface area contributed by atoms with E-state index in [-0.39, 0.29) is 17.6 Å². The van der Waals surface area contributed by atoms with E-state index in [9.17, 15) is 15.0 Å². The molecule has 133 valence electrons. The Kier molecular flexibility index (Phi) is 6.81. The van der Waals surface area contributed by atoms with Gasteiger partial charge in [-0.3, -0.25) is 0 Å². The van der Waals surface area contributed by atoms with Crippen molar-refractivity contribution in [3.63, 3.8) is 0 Å². The van der Waals surface area contributed by atoms with Crippen LogP contribution in [0.2, 0.25) is 0 Å². The van der Waals surface area contributed by atoms with E-state index in [1.54, 1.807) is 12.1 Å². The molecule has 1 aliphatic carbocycles. The zero-order chi connectivity index (χ0) is 17.7. The summed E-state index contributed by atoms with van der Waals surface area (Å²) in [4.78, 5) is 11.3. The molecule has 0 radical (unpaired) electrons. The molecule has 24 heavy (non-hydrogen) atoms. The van der Waals surface area contributed by atoms with Crippen LogP contribution in [-0.2, 0) is 26.5 Å². The Morgan fingerprint density at radius 1 is 1.42 bits per heavy atom. The zero-order valence-corrected chi connectivity index (χ0v) is 15.3. The van der Waals surface area contributed by atoms with Crippen molar-refractivity contribution in [1.82, 2.24) is 0 Å². The van der Waals surface area contributed by atoms with Gasteiger partial charge in [0.1, 0.15) is 0 Å². The number of benzene rings is 1. The van der Waals surface area contributed by atoms with E-state index in [2.05, 4.69) is 28.3 Å². The van der Waals surface area contributed by atoms with Crippen molar-refractivity contribution in [2.45, 2.75) is 58.3 Å².